The molecule has 0 aliphatic carbocycles. The lowest BCUT2D eigenvalue weighted by Gasteiger charge is -2.13. The highest BCUT2D eigenvalue weighted by molar-refractivity contribution is 9.10. The van der Waals surface area contributed by atoms with Gasteiger partial charge in [-0.05, 0) is 37.1 Å². The summed E-state index contributed by atoms with van der Waals surface area (Å²) in [7, 11) is 0. The molecule has 0 saturated heterocycles. The zero-order valence-electron chi connectivity index (χ0n) is 14.6. The number of esters is 1. The molecule has 0 aliphatic heterocycles. The van der Waals surface area contributed by atoms with Crippen LogP contribution < -0.4 is 0 Å². The van der Waals surface area contributed by atoms with E-state index in [0.717, 1.165) is 20.9 Å². The molecule has 0 aliphatic rings. The molecule has 0 bridgehead atoms. The van der Waals surface area contributed by atoms with Gasteiger partial charge in [0, 0.05) is 15.4 Å². The van der Waals surface area contributed by atoms with Crippen molar-refractivity contribution in [1.82, 2.24) is 4.98 Å². The fraction of sp³-hybridized carbons (Fsp3) is 0.190. The van der Waals surface area contributed by atoms with Gasteiger partial charge < -0.3 is 4.74 Å². The number of carbonyl (C=O) groups is 2. The van der Waals surface area contributed by atoms with Crippen molar-refractivity contribution in [1.29, 1.82) is 0 Å². The molecule has 3 aromatic rings. The smallest absolute Gasteiger partial charge is 0.340 e. The van der Waals surface area contributed by atoms with Crippen LogP contribution in [0.15, 0.2) is 53.0 Å². The highest BCUT2D eigenvalue weighted by Crippen LogP contribution is 2.24. The Morgan fingerprint density at radius 3 is 2.62 bits per heavy atom. The second-order valence-electron chi connectivity index (χ2n) is 5.94. The number of para-hydroxylation sites is 1. The van der Waals surface area contributed by atoms with Crippen molar-refractivity contribution in [3.63, 3.8) is 0 Å². The number of fused-ring (bicyclic) bond motifs is 1. The van der Waals surface area contributed by atoms with Crippen molar-refractivity contribution in [3.05, 3.63) is 75.4 Å². The molecule has 0 spiro atoms. The van der Waals surface area contributed by atoms with E-state index in [2.05, 4.69) is 20.9 Å². The number of ether oxygens (including phenoxy) is 1. The maximum Gasteiger partial charge on any atom is 0.340 e. The molecular weight excluding hydrogens is 394 g/mol. The maximum atomic E-state index is 12.7. The molecule has 0 atom stereocenters. The van der Waals surface area contributed by atoms with Gasteiger partial charge in [-0.3, -0.25) is 9.78 Å². The largest absolute Gasteiger partial charge is 0.454 e. The Morgan fingerprint density at radius 1 is 1.12 bits per heavy atom. The topological polar surface area (TPSA) is 56.3 Å². The molecule has 0 unspecified atom stereocenters. The van der Waals surface area contributed by atoms with Crippen LogP contribution in [-0.4, -0.2) is 23.3 Å². The van der Waals surface area contributed by atoms with E-state index in [1.807, 2.05) is 44.2 Å². The molecule has 26 heavy (non-hydrogen) atoms. The Kier molecular flexibility index (Phi) is 5.47. The molecule has 0 amide bonds. The van der Waals surface area contributed by atoms with E-state index in [4.69, 9.17) is 4.74 Å². The summed E-state index contributed by atoms with van der Waals surface area (Å²) in [6.07, 6.45) is 0.607. The number of halogens is 1. The summed E-state index contributed by atoms with van der Waals surface area (Å²) in [5.74, 6) is -0.759. The molecule has 0 fully saturated rings. The van der Waals surface area contributed by atoms with Crippen LogP contribution in [0.2, 0.25) is 0 Å². The molecule has 0 radical (unpaired) electrons. The van der Waals surface area contributed by atoms with Crippen molar-refractivity contribution in [2.45, 2.75) is 20.3 Å². The molecule has 132 valence electrons. The van der Waals surface area contributed by atoms with Gasteiger partial charge >= 0.3 is 5.97 Å². The first-order chi connectivity index (χ1) is 12.5. The van der Waals surface area contributed by atoms with Crippen molar-refractivity contribution in [2.75, 3.05) is 6.61 Å². The molecule has 0 saturated carbocycles. The number of aryl methyl sites for hydroxylation is 2. The molecule has 1 heterocycles. The van der Waals surface area contributed by atoms with Gasteiger partial charge in [0.25, 0.3) is 0 Å². The van der Waals surface area contributed by atoms with E-state index in [-0.39, 0.29) is 12.4 Å². The van der Waals surface area contributed by atoms with Crippen LogP contribution in [-0.2, 0) is 11.2 Å². The summed E-state index contributed by atoms with van der Waals surface area (Å²) in [6.45, 7) is 3.53. The number of benzene rings is 2. The first kappa shape index (κ1) is 18.3. The van der Waals surface area contributed by atoms with Crippen molar-refractivity contribution in [2.24, 2.45) is 0 Å². The Hall–Kier alpha value is -2.53. The molecule has 2 aromatic carbocycles. The second kappa shape index (κ2) is 7.79. The number of Topliss-reactive ketones (excluding diaryl/α,β-unsaturated/α-hetero) is 1. The molecule has 1 aromatic heterocycles. The van der Waals surface area contributed by atoms with E-state index < -0.39 is 5.97 Å². The summed E-state index contributed by atoms with van der Waals surface area (Å²) >= 11 is 3.33. The minimum absolute atomic E-state index is 0.246. The number of pyridine rings is 1. The van der Waals surface area contributed by atoms with Crippen molar-refractivity contribution in [3.8, 4) is 0 Å². The van der Waals surface area contributed by atoms with Crippen molar-refractivity contribution >= 4 is 38.6 Å². The molecular formula is C21H18BrNO3. The average molecular weight is 412 g/mol. The van der Waals surface area contributed by atoms with E-state index in [1.165, 1.54) is 0 Å². The van der Waals surface area contributed by atoms with Gasteiger partial charge in [-0.2, -0.15) is 0 Å². The summed E-state index contributed by atoms with van der Waals surface area (Å²) < 4.78 is 6.12. The number of carbonyl (C=O) groups excluding carboxylic acids is 2. The summed E-state index contributed by atoms with van der Waals surface area (Å²) in [6, 6.07) is 14.7. The third-order valence-corrected chi connectivity index (χ3v) is 4.74. The fourth-order valence-corrected chi connectivity index (χ4v) is 3.32. The monoisotopic (exact) mass is 411 g/mol. The second-order valence-corrected chi connectivity index (χ2v) is 6.85. The lowest BCUT2D eigenvalue weighted by molar-refractivity contribution is 0.0472. The molecule has 0 N–H and O–H groups in total. The van der Waals surface area contributed by atoms with E-state index >= 15 is 0 Å². The highest BCUT2D eigenvalue weighted by Gasteiger charge is 2.20. The van der Waals surface area contributed by atoms with Gasteiger partial charge in [-0.25, -0.2) is 4.79 Å². The van der Waals surface area contributed by atoms with E-state index in [9.17, 15) is 9.59 Å². The van der Waals surface area contributed by atoms with Crippen molar-refractivity contribution < 1.29 is 14.3 Å². The van der Waals surface area contributed by atoms with Crippen LogP contribution in [0.4, 0.5) is 0 Å². The molecule has 5 heteroatoms. The predicted octanol–water partition coefficient (Wildman–Crippen LogP) is 4.91. The quantitative estimate of drug-likeness (QED) is 0.442. The summed E-state index contributed by atoms with van der Waals surface area (Å²) in [4.78, 5) is 29.5. The van der Waals surface area contributed by atoms with Crippen LogP contribution in [0.1, 0.15) is 38.9 Å². The zero-order valence-corrected chi connectivity index (χ0v) is 16.2. The summed E-state index contributed by atoms with van der Waals surface area (Å²) in [5, 5.41) is 0.912. The number of hydrogen-bond donors (Lipinski definition) is 0. The number of hydrogen-bond acceptors (Lipinski definition) is 4. The molecule has 4 nitrogen and oxygen atoms in total. The van der Waals surface area contributed by atoms with Crippen LogP contribution in [0.3, 0.4) is 0 Å². The van der Waals surface area contributed by atoms with Gasteiger partial charge in [0.05, 0.1) is 16.8 Å². The Morgan fingerprint density at radius 2 is 1.88 bits per heavy atom. The Labute approximate surface area is 160 Å². The molecule has 3 rings (SSSR count). The lowest BCUT2D eigenvalue weighted by atomic mass is 10.0. The average Bonchev–Trinajstić information content (AvgIpc) is 2.65. The minimum Gasteiger partial charge on any atom is -0.454 e. The van der Waals surface area contributed by atoms with Crippen LogP contribution in [0.25, 0.3) is 10.9 Å². The highest BCUT2D eigenvalue weighted by atomic mass is 79.9. The van der Waals surface area contributed by atoms with Gasteiger partial charge in [0.1, 0.15) is 0 Å². The van der Waals surface area contributed by atoms with Crippen LogP contribution >= 0.6 is 15.9 Å². The van der Waals surface area contributed by atoms with E-state index in [1.54, 1.807) is 18.2 Å². The Bertz CT molecular complexity index is 998. The maximum absolute atomic E-state index is 12.7. The zero-order chi connectivity index (χ0) is 18.7. The van der Waals surface area contributed by atoms with Crippen LogP contribution in [0.5, 0.6) is 0 Å². The minimum atomic E-state index is -0.513. The third kappa shape index (κ3) is 3.68. The first-order valence-electron chi connectivity index (χ1n) is 8.35. The normalized spacial score (nSPS) is 10.7. The first-order valence-corrected chi connectivity index (χ1v) is 9.14. The number of ketones is 1. The Balaban J connectivity index is 1.85. The number of aromatic nitrogens is 1. The number of nitrogens with zero attached hydrogens (tertiary/aromatic N) is 1. The lowest BCUT2D eigenvalue weighted by Crippen LogP contribution is -2.17. The standard InChI is InChI=1S/C21H18BrNO3/c1-3-17-20(13(2)16-9-4-5-10-18(16)23-17)21(25)26-12-19(24)14-7-6-8-15(22)11-14/h4-11H,3,12H2,1-2H3. The number of rotatable bonds is 5. The fourth-order valence-electron chi connectivity index (χ4n) is 2.92. The van der Waals surface area contributed by atoms with E-state index in [0.29, 0.717) is 23.2 Å². The van der Waals surface area contributed by atoms with Gasteiger partial charge in [0.15, 0.2) is 12.4 Å². The predicted molar refractivity (Wildman–Crippen MR) is 105 cm³/mol. The van der Waals surface area contributed by atoms with Gasteiger partial charge in [-0.15, -0.1) is 0 Å². The SMILES string of the molecule is CCc1nc2ccccc2c(C)c1C(=O)OCC(=O)c1cccc(Br)c1. The third-order valence-electron chi connectivity index (χ3n) is 4.25. The van der Waals surface area contributed by atoms with Gasteiger partial charge in [-0.1, -0.05) is 53.2 Å². The van der Waals surface area contributed by atoms with Crippen LogP contribution in [0, 0.1) is 6.92 Å². The summed E-state index contributed by atoms with van der Waals surface area (Å²) in [5.41, 5.74) is 3.31. The van der Waals surface area contributed by atoms with Gasteiger partial charge in [0.2, 0.25) is 0 Å².